The largest absolute Gasteiger partial charge is 0.329 e. The molecule has 0 aliphatic heterocycles. The van der Waals surface area contributed by atoms with Crippen molar-refractivity contribution in [1.29, 1.82) is 0 Å². The van der Waals surface area contributed by atoms with Crippen molar-refractivity contribution in [2.75, 3.05) is 20.1 Å². The zero-order chi connectivity index (χ0) is 12.0. The molecule has 0 aromatic heterocycles. The second-order valence-electron chi connectivity index (χ2n) is 5.43. The molecule has 1 aliphatic carbocycles. The van der Waals surface area contributed by atoms with Gasteiger partial charge in [0, 0.05) is 12.1 Å². The Kier molecular flexibility index (Phi) is 5.77. The summed E-state index contributed by atoms with van der Waals surface area (Å²) in [5.74, 6) is 0.813. The van der Waals surface area contributed by atoms with Crippen molar-refractivity contribution in [2.24, 2.45) is 11.7 Å². The number of nitrogens with two attached hydrogens (primary N) is 1. The molecule has 0 amide bonds. The van der Waals surface area contributed by atoms with E-state index in [-0.39, 0.29) is 0 Å². The minimum absolute atomic E-state index is 0.308. The zero-order valence-corrected chi connectivity index (χ0v) is 11.5. The smallest absolute Gasteiger partial charge is 0.0356 e. The van der Waals surface area contributed by atoms with E-state index in [0.717, 1.165) is 12.5 Å². The summed E-state index contributed by atoms with van der Waals surface area (Å²) < 4.78 is 0. The van der Waals surface area contributed by atoms with Gasteiger partial charge in [0.15, 0.2) is 0 Å². The molecule has 2 nitrogen and oxygen atoms in total. The fraction of sp³-hybridized carbons (Fsp3) is 1.00. The normalized spacial score (nSPS) is 30.9. The number of nitrogens with zero attached hydrogens (tertiary/aromatic N) is 1. The van der Waals surface area contributed by atoms with Gasteiger partial charge in [0.05, 0.1) is 0 Å². The van der Waals surface area contributed by atoms with E-state index in [1.807, 2.05) is 0 Å². The molecule has 2 unspecified atom stereocenters. The predicted molar refractivity (Wildman–Crippen MR) is 71.6 cm³/mol. The van der Waals surface area contributed by atoms with Crippen LogP contribution in [0.4, 0.5) is 0 Å². The van der Waals surface area contributed by atoms with Crippen LogP contribution in [-0.2, 0) is 0 Å². The molecule has 0 spiro atoms. The Morgan fingerprint density at radius 2 is 2.06 bits per heavy atom. The first-order valence-electron chi connectivity index (χ1n) is 7.12. The fourth-order valence-electron chi connectivity index (χ4n) is 3.42. The first-order chi connectivity index (χ1) is 7.71. The quantitative estimate of drug-likeness (QED) is 0.754. The van der Waals surface area contributed by atoms with Crippen LogP contribution in [-0.4, -0.2) is 30.6 Å². The van der Waals surface area contributed by atoms with Gasteiger partial charge in [0.1, 0.15) is 0 Å². The molecule has 0 saturated heterocycles. The molecule has 2 atom stereocenters. The minimum Gasteiger partial charge on any atom is -0.329 e. The number of likely N-dealkylation sites (N-methyl/N-ethyl adjacent to an activating group) is 1. The van der Waals surface area contributed by atoms with Gasteiger partial charge >= 0.3 is 0 Å². The molecule has 1 saturated carbocycles. The topological polar surface area (TPSA) is 29.3 Å². The van der Waals surface area contributed by atoms with Crippen LogP contribution in [0.2, 0.25) is 0 Å². The van der Waals surface area contributed by atoms with E-state index in [4.69, 9.17) is 5.73 Å². The van der Waals surface area contributed by atoms with Crippen LogP contribution in [0.1, 0.15) is 58.8 Å². The summed E-state index contributed by atoms with van der Waals surface area (Å²) in [5, 5.41) is 0. The first kappa shape index (κ1) is 14.0. The Bertz CT molecular complexity index is 193. The fourth-order valence-corrected chi connectivity index (χ4v) is 3.42. The van der Waals surface area contributed by atoms with Gasteiger partial charge in [-0.3, -0.25) is 4.90 Å². The molecular weight excluding hydrogens is 196 g/mol. The number of hydrogen-bond acceptors (Lipinski definition) is 2. The van der Waals surface area contributed by atoms with E-state index in [9.17, 15) is 0 Å². The number of rotatable bonds is 6. The molecule has 1 fully saturated rings. The van der Waals surface area contributed by atoms with Gasteiger partial charge in [-0.15, -0.1) is 0 Å². The summed E-state index contributed by atoms with van der Waals surface area (Å²) in [6.07, 6.45) is 9.32. The Morgan fingerprint density at radius 1 is 1.31 bits per heavy atom. The molecule has 0 heterocycles. The van der Waals surface area contributed by atoms with Crippen molar-refractivity contribution < 1.29 is 0 Å². The molecule has 1 rings (SSSR count). The van der Waals surface area contributed by atoms with Crippen LogP contribution >= 0.6 is 0 Å². The highest BCUT2D eigenvalue weighted by atomic mass is 15.2. The molecule has 1 aliphatic rings. The maximum Gasteiger partial charge on any atom is 0.0356 e. The standard InChI is InChI=1S/C14H30N2/c1-4-6-11-16(3)14(12-15)10-8-7-9-13(14)5-2/h13H,4-12,15H2,1-3H3. The maximum absolute atomic E-state index is 6.14. The molecule has 0 radical (unpaired) electrons. The predicted octanol–water partition coefficient (Wildman–Crippen LogP) is 3.02. The minimum atomic E-state index is 0.308. The van der Waals surface area contributed by atoms with Crippen molar-refractivity contribution in [2.45, 2.75) is 64.3 Å². The van der Waals surface area contributed by atoms with Gasteiger partial charge < -0.3 is 5.73 Å². The monoisotopic (exact) mass is 226 g/mol. The molecular formula is C14H30N2. The van der Waals surface area contributed by atoms with Crippen molar-refractivity contribution in [3.63, 3.8) is 0 Å². The highest BCUT2D eigenvalue weighted by molar-refractivity contribution is 4.98. The molecule has 2 N–H and O–H groups in total. The summed E-state index contributed by atoms with van der Waals surface area (Å²) in [5.41, 5.74) is 6.44. The Labute approximate surface area is 102 Å². The Balaban J connectivity index is 2.71. The van der Waals surface area contributed by atoms with Crippen LogP contribution in [0.3, 0.4) is 0 Å². The second kappa shape index (κ2) is 6.61. The zero-order valence-electron chi connectivity index (χ0n) is 11.5. The van der Waals surface area contributed by atoms with E-state index in [1.165, 1.54) is 51.5 Å². The van der Waals surface area contributed by atoms with Gasteiger partial charge in [-0.1, -0.05) is 39.5 Å². The van der Waals surface area contributed by atoms with E-state index in [2.05, 4.69) is 25.8 Å². The van der Waals surface area contributed by atoms with E-state index in [1.54, 1.807) is 0 Å². The average Bonchev–Trinajstić information content (AvgIpc) is 2.35. The second-order valence-corrected chi connectivity index (χ2v) is 5.43. The Hall–Kier alpha value is -0.0800. The van der Waals surface area contributed by atoms with Crippen molar-refractivity contribution in [3.05, 3.63) is 0 Å². The lowest BCUT2D eigenvalue weighted by Gasteiger charge is -2.49. The first-order valence-corrected chi connectivity index (χ1v) is 7.12. The van der Waals surface area contributed by atoms with Gasteiger partial charge in [-0.25, -0.2) is 0 Å². The molecule has 16 heavy (non-hydrogen) atoms. The third-order valence-electron chi connectivity index (χ3n) is 4.63. The number of hydrogen-bond donors (Lipinski definition) is 1. The lowest BCUT2D eigenvalue weighted by atomic mass is 9.70. The van der Waals surface area contributed by atoms with E-state index < -0.39 is 0 Å². The average molecular weight is 226 g/mol. The summed E-state index contributed by atoms with van der Waals surface area (Å²) >= 11 is 0. The van der Waals surface area contributed by atoms with E-state index in [0.29, 0.717) is 5.54 Å². The lowest BCUT2D eigenvalue weighted by molar-refractivity contribution is 0.0226. The summed E-state index contributed by atoms with van der Waals surface area (Å²) in [6, 6.07) is 0. The van der Waals surface area contributed by atoms with Gasteiger partial charge in [-0.2, -0.15) is 0 Å². The van der Waals surface area contributed by atoms with Crippen molar-refractivity contribution >= 4 is 0 Å². The van der Waals surface area contributed by atoms with Crippen molar-refractivity contribution in [1.82, 2.24) is 4.90 Å². The highest BCUT2D eigenvalue weighted by Crippen LogP contribution is 2.39. The third kappa shape index (κ3) is 2.78. The van der Waals surface area contributed by atoms with Crippen LogP contribution in [0.25, 0.3) is 0 Å². The van der Waals surface area contributed by atoms with Crippen LogP contribution in [0, 0.1) is 5.92 Å². The van der Waals surface area contributed by atoms with Crippen LogP contribution < -0.4 is 5.73 Å². The van der Waals surface area contributed by atoms with Crippen LogP contribution in [0.15, 0.2) is 0 Å². The van der Waals surface area contributed by atoms with Gasteiger partial charge in [0.25, 0.3) is 0 Å². The Morgan fingerprint density at radius 3 is 2.62 bits per heavy atom. The summed E-state index contributed by atoms with van der Waals surface area (Å²) in [7, 11) is 2.29. The molecule has 0 bridgehead atoms. The van der Waals surface area contributed by atoms with E-state index >= 15 is 0 Å². The molecule has 0 aromatic rings. The summed E-state index contributed by atoms with van der Waals surface area (Å²) in [6.45, 7) is 6.64. The highest BCUT2D eigenvalue weighted by Gasteiger charge is 2.41. The van der Waals surface area contributed by atoms with Gasteiger partial charge in [0.2, 0.25) is 0 Å². The SMILES string of the molecule is CCCCN(C)C1(CN)CCCCC1CC. The van der Waals surface area contributed by atoms with Crippen LogP contribution in [0.5, 0.6) is 0 Å². The van der Waals surface area contributed by atoms with Crippen molar-refractivity contribution in [3.8, 4) is 0 Å². The summed E-state index contributed by atoms with van der Waals surface area (Å²) in [4.78, 5) is 2.57. The lowest BCUT2D eigenvalue weighted by Crippen LogP contribution is -2.58. The molecule has 2 heteroatoms. The third-order valence-corrected chi connectivity index (χ3v) is 4.63. The van der Waals surface area contributed by atoms with Gasteiger partial charge in [-0.05, 0) is 38.8 Å². The molecule has 0 aromatic carbocycles. The maximum atomic E-state index is 6.14. The number of unbranched alkanes of at least 4 members (excludes halogenated alkanes) is 1. The molecule has 96 valence electrons.